The Morgan fingerprint density at radius 2 is 1.91 bits per heavy atom. The molecule has 0 saturated carbocycles. The Labute approximate surface area is 191 Å². The molecule has 164 valence electrons. The standard InChI is InChI=1S/C25H23ClN2O4/c1-17-7-10-19(11-8-17)31-14-4-13-28-22-12-9-18(15-23(22)32-16-24(28)29)27-25(30)20-5-2-3-6-21(20)26/h2-3,5-12,15H,4,13-14,16H2,1H3,(H,27,30). The van der Waals surface area contributed by atoms with Crippen LogP contribution in [0.15, 0.2) is 66.7 Å². The molecule has 0 aromatic heterocycles. The first-order valence-corrected chi connectivity index (χ1v) is 10.7. The fourth-order valence-corrected chi connectivity index (χ4v) is 3.64. The molecule has 0 fully saturated rings. The van der Waals surface area contributed by atoms with Crippen LogP contribution in [0.4, 0.5) is 11.4 Å². The van der Waals surface area contributed by atoms with Crippen LogP contribution in [-0.4, -0.2) is 31.6 Å². The predicted molar refractivity (Wildman–Crippen MR) is 125 cm³/mol. The van der Waals surface area contributed by atoms with Gasteiger partial charge in [-0.1, -0.05) is 41.4 Å². The maximum atomic E-state index is 12.5. The zero-order chi connectivity index (χ0) is 22.5. The Balaban J connectivity index is 1.39. The van der Waals surface area contributed by atoms with Gasteiger partial charge in [0, 0.05) is 18.3 Å². The average molecular weight is 451 g/mol. The minimum absolute atomic E-state index is 0.0479. The van der Waals surface area contributed by atoms with E-state index in [4.69, 9.17) is 21.1 Å². The van der Waals surface area contributed by atoms with Crippen molar-refractivity contribution in [2.45, 2.75) is 13.3 Å². The number of carbonyl (C=O) groups excluding carboxylic acids is 2. The molecule has 0 spiro atoms. The molecule has 4 rings (SSSR count). The van der Waals surface area contributed by atoms with Crippen LogP contribution in [-0.2, 0) is 4.79 Å². The molecule has 7 heteroatoms. The molecular formula is C25H23ClN2O4. The highest BCUT2D eigenvalue weighted by Crippen LogP contribution is 2.35. The number of benzene rings is 3. The van der Waals surface area contributed by atoms with Gasteiger partial charge in [-0.15, -0.1) is 0 Å². The predicted octanol–water partition coefficient (Wildman–Crippen LogP) is 5.10. The molecule has 6 nitrogen and oxygen atoms in total. The number of nitrogens with one attached hydrogen (secondary N) is 1. The summed E-state index contributed by atoms with van der Waals surface area (Å²) in [5.41, 5.74) is 2.80. The molecule has 1 aliphatic heterocycles. The summed E-state index contributed by atoms with van der Waals surface area (Å²) in [6, 6.07) is 19.9. The van der Waals surface area contributed by atoms with Crippen LogP contribution in [0.1, 0.15) is 22.3 Å². The fourth-order valence-electron chi connectivity index (χ4n) is 3.42. The number of fused-ring (bicyclic) bond motifs is 1. The summed E-state index contributed by atoms with van der Waals surface area (Å²) in [5, 5.41) is 3.20. The van der Waals surface area contributed by atoms with E-state index in [0.717, 1.165) is 5.75 Å². The summed E-state index contributed by atoms with van der Waals surface area (Å²) >= 11 is 6.10. The third-order valence-corrected chi connectivity index (χ3v) is 5.42. The Kier molecular flexibility index (Phi) is 6.61. The van der Waals surface area contributed by atoms with Gasteiger partial charge < -0.3 is 19.7 Å². The maximum Gasteiger partial charge on any atom is 0.265 e. The third kappa shape index (κ3) is 5.03. The van der Waals surface area contributed by atoms with E-state index in [-0.39, 0.29) is 18.4 Å². The van der Waals surface area contributed by atoms with Crippen molar-refractivity contribution in [3.05, 3.63) is 82.9 Å². The maximum absolute atomic E-state index is 12.5. The summed E-state index contributed by atoms with van der Waals surface area (Å²) < 4.78 is 11.4. The zero-order valence-electron chi connectivity index (χ0n) is 17.6. The van der Waals surface area contributed by atoms with Crippen molar-refractivity contribution in [1.29, 1.82) is 0 Å². The quantitative estimate of drug-likeness (QED) is 0.509. The van der Waals surface area contributed by atoms with E-state index in [1.54, 1.807) is 47.4 Å². The third-order valence-electron chi connectivity index (χ3n) is 5.09. The molecule has 1 aliphatic rings. The Morgan fingerprint density at radius 3 is 2.69 bits per heavy atom. The number of carbonyl (C=O) groups is 2. The molecule has 0 radical (unpaired) electrons. The molecule has 3 aromatic carbocycles. The van der Waals surface area contributed by atoms with Crippen molar-refractivity contribution in [2.24, 2.45) is 0 Å². The van der Waals surface area contributed by atoms with E-state index >= 15 is 0 Å². The van der Waals surface area contributed by atoms with Gasteiger partial charge in [0.25, 0.3) is 11.8 Å². The highest BCUT2D eigenvalue weighted by atomic mass is 35.5. The number of rotatable bonds is 7. The van der Waals surface area contributed by atoms with E-state index < -0.39 is 0 Å². The number of anilines is 2. The molecule has 0 saturated heterocycles. The van der Waals surface area contributed by atoms with Crippen LogP contribution in [0.25, 0.3) is 0 Å². The number of nitrogens with zero attached hydrogens (tertiary/aromatic N) is 1. The molecule has 1 heterocycles. The average Bonchev–Trinajstić information content (AvgIpc) is 2.79. The van der Waals surface area contributed by atoms with Gasteiger partial charge in [0.05, 0.1) is 22.9 Å². The zero-order valence-corrected chi connectivity index (χ0v) is 18.4. The van der Waals surface area contributed by atoms with Gasteiger partial charge >= 0.3 is 0 Å². The van der Waals surface area contributed by atoms with E-state index in [0.29, 0.717) is 47.3 Å². The van der Waals surface area contributed by atoms with Crippen molar-refractivity contribution in [2.75, 3.05) is 30.0 Å². The second-order valence-corrected chi connectivity index (χ2v) is 7.87. The Morgan fingerprint density at radius 1 is 1.12 bits per heavy atom. The molecule has 1 N–H and O–H groups in total. The van der Waals surface area contributed by atoms with Gasteiger partial charge in [0.2, 0.25) is 0 Å². The summed E-state index contributed by atoms with van der Waals surface area (Å²) in [7, 11) is 0. The van der Waals surface area contributed by atoms with Crippen molar-refractivity contribution in [3.8, 4) is 11.5 Å². The molecular weight excluding hydrogens is 428 g/mol. The summed E-state index contributed by atoms with van der Waals surface area (Å²) in [5.74, 6) is 0.928. The Hall–Kier alpha value is -3.51. The van der Waals surface area contributed by atoms with E-state index in [1.165, 1.54) is 5.56 Å². The van der Waals surface area contributed by atoms with Gasteiger partial charge in [-0.25, -0.2) is 0 Å². The SMILES string of the molecule is Cc1ccc(OCCCN2C(=O)COc3cc(NC(=O)c4ccccc4Cl)ccc32)cc1. The summed E-state index contributed by atoms with van der Waals surface area (Å²) in [6.45, 7) is 2.98. The van der Waals surface area contributed by atoms with Gasteiger partial charge in [-0.2, -0.15) is 0 Å². The van der Waals surface area contributed by atoms with Crippen molar-refractivity contribution in [3.63, 3.8) is 0 Å². The fraction of sp³-hybridized carbons (Fsp3) is 0.200. The molecule has 0 unspecified atom stereocenters. The van der Waals surface area contributed by atoms with E-state index in [2.05, 4.69) is 5.32 Å². The molecule has 0 bridgehead atoms. The minimum Gasteiger partial charge on any atom is -0.494 e. The number of hydrogen-bond donors (Lipinski definition) is 1. The second-order valence-electron chi connectivity index (χ2n) is 7.47. The topological polar surface area (TPSA) is 67.9 Å². The lowest BCUT2D eigenvalue weighted by Crippen LogP contribution is -2.39. The van der Waals surface area contributed by atoms with Gasteiger partial charge in [-0.3, -0.25) is 9.59 Å². The largest absolute Gasteiger partial charge is 0.494 e. The molecule has 0 atom stereocenters. The minimum atomic E-state index is -0.312. The number of halogens is 1. The molecule has 0 aliphatic carbocycles. The lowest BCUT2D eigenvalue weighted by Gasteiger charge is -2.29. The van der Waals surface area contributed by atoms with Gasteiger partial charge in [0.15, 0.2) is 6.61 Å². The molecule has 3 aromatic rings. The van der Waals surface area contributed by atoms with Crippen LogP contribution in [0.3, 0.4) is 0 Å². The van der Waals surface area contributed by atoms with Crippen molar-refractivity contribution < 1.29 is 19.1 Å². The summed E-state index contributed by atoms with van der Waals surface area (Å²) in [4.78, 5) is 26.6. The van der Waals surface area contributed by atoms with Crippen molar-refractivity contribution in [1.82, 2.24) is 0 Å². The van der Waals surface area contributed by atoms with Gasteiger partial charge in [-0.05, 0) is 49.7 Å². The summed E-state index contributed by atoms with van der Waals surface area (Å²) in [6.07, 6.45) is 0.671. The lowest BCUT2D eigenvalue weighted by molar-refractivity contribution is -0.121. The molecule has 2 amide bonds. The monoisotopic (exact) mass is 450 g/mol. The van der Waals surface area contributed by atoms with Crippen molar-refractivity contribution >= 4 is 34.8 Å². The van der Waals surface area contributed by atoms with Crippen LogP contribution in [0, 0.1) is 6.92 Å². The highest BCUT2D eigenvalue weighted by molar-refractivity contribution is 6.34. The van der Waals surface area contributed by atoms with Gasteiger partial charge in [0.1, 0.15) is 11.5 Å². The van der Waals surface area contributed by atoms with Crippen LogP contribution in [0.2, 0.25) is 5.02 Å². The van der Waals surface area contributed by atoms with E-state index in [9.17, 15) is 9.59 Å². The van der Waals surface area contributed by atoms with E-state index in [1.807, 2.05) is 31.2 Å². The number of amides is 2. The highest BCUT2D eigenvalue weighted by Gasteiger charge is 2.25. The first-order chi connectivity index (χ1) is 15.5. The first kappa shape index (κ1) is 21.7. The Bertz CT molecular complexity index is 1130. The normalized spacial score (nSPS) is 12.7. The second kappa shape index (κ2) is 9.75. The number of aryl methyl sites for hydroxylation is 1. The number of ether oxygens (including phenoxy) is 2. The number of hydrogen-bond acceptors (Lipinski definition) is 4. The van der Waals surface area contributed by atoms with Crippen LogP contribution in [0.5, 0.6) is 11.5 Å². The van der Waals surface area contributed by atoms with Crippen LogP contribution < -0.4 is 19.7 Å². The van der Waals surface area contributed by atoms with Crippen LogP contribution >= 0.6 is 11.6 Å². The smallest absolute Gasteiger partial charge is 0.265 e. The lowest BCUT2D eigenvalue weighted by atomic mass is 10.1. The molecule has 32 heavy (non-hydrogen) atoms. The first-order valence-electron chi connectivity index (χ1n) is 10.3.